The van der Waals surface area contributed by atoms with E-state index in [0.717, 1.165) is 31.6 Å². The predicted octanol–water partition coefficient (Wildman–Crippen LogP) is 0.271. The van der Waals surface area contributed by atoms with Crippen molar-refractivity contribution in [1.29, 1.82) is 0 Å². The zero-order valence-corrected chi connectivity index (χ0v) is 9.57. The van der Waals surface area contributed by atoms with Crippen LogP contribution in [0, 0.1) is 0 Å². The van der Waals surface area contributed by atoms with Gasteiger partial charge in [-0.2, -0.15) is 0 Å². The maximum atomic E-state index is 11.5. The van der Waals surface area contributed by atoms with Crippen LogP contribution in [0.3, 0.4) is 0 Å². The van der Waals surface area contributed by atoms with Crippen LogP contribution in [0.25, 0.3) is 0 Å². The maximum Gasteiger partial charge on any atom is 0.237 e. The van der Waals surface area contributed by atoms with Gasteiger partial charge < -0.3 is 15.2 Å². The molecular formula is C11H18N4O. The van der Waals surface area contributed by atoms with Crippen LogP contribution in [0.4, 0.5) is 0 Å². The van der Waals surface area contributed by atoms with E-state index in [1.54, 1.807) is 0 Å². The first-order chi connectivity index (χ1) is 7.81. The normalized spacial score (nSPS) is 20.8. The molecular weight excluding hydrogens is 204 g/mol. The van der Waals surface area contributed by atoms with Crippen molar-refractivity contribution >= 4 is 5.91 Å². The first-order valence-electron chi connectivity index (χ1n) is 5.81. The van der Waals surface area contributed by atoms with Gasteiger partial charge in [0.2, 0.25) is 5.91 Å². The molecule has 1 fully saturated rings. The van der Waals surface area contributed by atoms with E-state index < -0.39 is 0 Å². The van der Waals surface area contributed by atoms with Gasteiger partial charge in [-0.3, -0.25) is 4.79 Å². The topological polar surface area (TPSA) is 59.0 Å². The van der Waals surface area contributed by atoms with Crippen LogP contribution in [-0.2, 0) is 17.9 Å². The first kappa shape index (κ1) is 11.1. The number of amides is 1. The van der Waals surface area contributed by atoms with Gasteiger partial charge in [0, 0.05) is 25.8 Å². The average Bonchev–Trinajstić information content (AvgIpc) is 2.75. The highest BCUT2D eigenvalue weighted by Gasteiger charge is 2.21. The van der Waals surface area contributed by atoms with Gasteiger partial charge in [0.1, 0.15) is 0 Å². The summed E-state index contributed by atoms with van der Waals surface area (Å²) in [5.41, 5.74) is 1.13. The standard InChI is InChI=1S/C11H18N4O/c1-2-15-8-12-6-9(15)7-14-10-4-3-5-13-11(10)16/h6,8,10,14H,2-5,7H2,1H3,(H,13,16). The van der Waals surface area contributed by atoms with Crippen molar-refractivity contribution in [3.8, 4) is 0 Å². The van der Waals surface area contributed by atoms with Gasteiger partial charge in [-0.1, -0.05) is 0 Å². The number of aromatic nitrogens is 2. The molecule has 16 heavy (non-hydrogen) atoms. The maximum absolute atomic E-state index is 11.5. The third kappa shape index (κ3) is 2.41. The Kier molecular flexibility index (Phi) is 3.56. The number of carbonyl (C=O) groups excluding carboxylic acids is 1. The Bertz CT molecular complexity index is 361. The lowest BCUT2D eigenvalue weighted by atomic mass is 10.1. The molecule has 2 N–H and O–H groups in total. The van der Waals surface area contributed by atoms with Crippen LogP contribution >= 0.6 is 0 Å². The number of rotatable bonds is 4. The predicted molar refractivity (Wildman–Crippen MR) is 60.8 cm³/mol. The van der Waals surface area contributed by atoms with Gasteiger partial charge in [0.05, 0.1) is 18.1 Å². The molecule has 0 saturated carbocycles. The quantitative estimate of drug-likeness (QED) is 0.769. The number of nitrogens with zero attached hydrogens (tertiary/aromatic N) is 2. The molecule has 2 heterocycles. The molecule has 0 aromatic carbocycles. The fourth-order valence-electron chi connectivity index (χ4n) is 1.97. The summed E-state index contributed by atoms with van der Waals surface area (Å²) in [6.07, 6.45) is 5.64. The van der Waals surface area contributed by atoms with E-state index in [2.05, 4.69) is 27.1 Å². The highest BCUT2D eigenvalue weighted by atomic mass is 16.2. The van der Waals surface area contributed by atoms with Gasteiger partial charge in [0.15, 0.2) is 0 Å². The van der Waals surface area contributed by atoms with Crippen LogP contribution in [0.1, 0.15) is 25.5 Å². The molecule has 1 unspecified atom stereocenters. The van der Waals surface area contributed by atoms with Gasteiger partial charge >= 0.3 is 0 Å². The molecule has 1 aliphatic rings. The lowest BCUT2D eigenvalue weighted by Crippen LogP contribution is -2.48. The molecule has 1 atom stereocenters. The number of nitrogens with one attached hydrogen (secondary N) is 2. The number of carbonyl (C=O) groups is 1. The highest BCUT2D eigenvalue weighted by molar-refractivity contribution is 5.82. The summed E-state index contributed by atoms with van der Waals surface area (Å²) in [6, 6.07) is -0.0473. The molecule has 1 aromatic rings. The molecule has 5 nitrogen and oxygen atoms in total. The molecule has 1 saturated heterocycles. The molecule has 0 spiro atoms. The van der Waals surface area contributed by atoms with E-state index in [9.17, 15) is 4.79 Å². The van der Waals surface area contributed by atoms with Crippen LogP contribution < -0.4 is 10.6 Å². The second-order valence-electron chi connectivity index (χ2n) is 4.04. The van der Waals surface area contributed by atoms with E-state index in [1.807, 2.05) is 12.5 Å². The van der Waals surface area contributed by atoms with Crippen LogP contribution in [0.2, 0.25) is 0 Å². The van der Waals surface area contributed by atoms with Crippen molar-refractivity contribution in [2.24, 2.45) is 0 Å². The molecule has 1 aliphatic heterocycles. The van der Waals surface area contributed by atoms with Crippen molar-refractivity contribution in [3.05, 3.63) is 18.2 Å². The SMILES string of the molecule is CCn1cncc1CNC1CCCNC1=O. The molecule has 0 radical (unpaired) electrons. The molecule has 88 valence electrons. The second-order valence-corrected chi connectivity index (χ2v) is 4.04. The number of hydrogen-bond donors (Lipinski definition) is 2. The summed E-state index contributed by atoms with van der Waals surface area (Å²) in [6.45, 7) is 4.50. The fraction of sp³-hybridized carbons (Fsp3) is 0.636. The Labute approximate surface area is 95.2 Å². The number of hydrogen-bond acceptors (Lipinski definition) is 3. The van der Waals surface area contributed by atoms with Gasteiger partial charge in [0.25, 0.3) is 0 Å². The number of piperidine rings is 1. The van der Waals surface area contributed by atoms with Gasteiger partial charge in [-0.15, -0.1) is 0 Å². The minimum absolute atomic E-state index is 0.0473. The van der Waals surface area contributed by atoms with Crippen molar-refractivity contribution in [1.82, 2.24) is 20.2 Å². The molecule has 1 amide bonds. The Balaban J connectivity index is 1.89. The highest BCUT2D eigenvalue weighted by Crippen LogP contribution is 2.05. The molecule has 1 aromatic heterocycles. The largest absolute Gasteiger partial charge is 0.355 e. The Morgan fingerprint density at radius 3 is 3.31 bits per heavy atom. The van der Waals surface area contributed by atoms with E-state index in [4.69, 9.17) is 0 Å². The third-order valence-electron chi connectivity index (χ3n) is 2.95. The lowest BCUT2D eigenvalue weighted by Gasteiger charge is -2.22. The van der Waals surface area contributed by atoms with E-state index >= 15 is 0 Å². The zero-order valence-electron chi connectivity index (χ0n) is 9.57. The summed E-state index contributed by atoms with van der Waals surface area (Å²) < 4.78 is 2.08. The third-order valence-corrected chi connectivity index (χ3v) is 2.95. The van der Waals surface area contributed by atoms with Crippen molar-refractivity contribution in [2.45, 2.75) is 38.9 Å². The van der Waals surface area contributed by atoms with E-state index in [-0.39, 0.29) is 11.9 Å². The van der Waals surface area contributed by atoms with Gasteiger partial charge in [-0.05, 0) is 19.8 Å². The van der Waals surface area contributed by atoms with Crippen LogP contribution in [0.5, 0.6) is 0 Å². The molecule has 2 rings (SSSR count). The second kappa shape index (κ2) is 5.12. The number of aryl methyl sites for hydroxylation is 1. The summed E-state index contributed by atoms with van der Waals surface area (Å²) in [4.78, 5) is 15.6. The van der Waals surface area contributed by atoms with Crippen molar-refractivity contribution in [3.63, 3.8) is 0 Å². The van der Waals surface area contributed by atoms with E-state index in [0.29, 0.717) is 6.54 Å². The smallest absolute Gasteiger partial charge is 0.237 e. The summed E-state index contributed by atoms with van der Waals surface area (Å²) in [7, 11) is 0. The Morgan fingerprint density at radius 1 is 1.69 bits per heavy atom. The van der Waals surface area contributed by atoms with Crippen molar-refractivity contribution in [2.75, 3.05) is 6.54 Å². The first-order valence-corrected chi connectivity index (χ1v) is 5.81. The van der Waals surface area contributed by atoms with E-state index in [1.165, 1.54) is 0 Å². The van der Waals surface area contributed by atoms with Gasteiger partial charge in [-0.25, -0.2) is 4.98 Å². The summed E-state index contributed by atoms with van der Waals surface area (Å²) in [5, 5.41) is 6.14. The minimum atomic E-state index is -0.0473. The fourth-order valence-corrected chi connectivity index (χ4v) is 1.97. The molecule has 0 bridgehead atoms. The number of imidazole rings is 1. The minimum Gasteiger partial charge on any atom is -0.355 e. The Hall–Kier alpha value is -1.36. The zero-order chi connectivity index (χ0) is 11.4. The monoisotopic (exact) mass is 222 g/mol. The summed E-state index contributed by atoms with van der Waals surface area (Å²) >= 11 is 0. The molecule has 5 heteroatoms. The van der Waals surface area contributed by atoms with Crippen molar-refractivity contribution < 1.29 is 4.79 Å². The van der Waals surface area contributed by atoms with Crippen LogP contribution in [0.15, 0.2) is 12.5 Å². The molecule has 0 aliphatic carbocycles. The average molecular weight is 222 g/mol. The summed E-state index contributed by atoms with van der Waals surface area (Å²) in [5.74, 6) is 0.119. The van der Waals surface area contributed by atoms with Crippen LogP contribution in [-0.4, -0.2) is 28.0 Å². The lowest BCUT2D eigenvalue weighted by molar-refractivity contribution is -0.124. The Morgan fingerprint density at radius 2 is 2.56 bits per heavy atom.